The standard InChI is InChI=1S/C25H25FN2O2S/c1-15-12-13-19-21(14-15)31-25(28-23(29)18-10-6-7-11-20(18)26)22(19)24(30)27-16(2)17-8-4-3-5-9-17/h3-11,15-16H,12-14H2,1-2H3,(H,27,30)(H,28,29)/t15-,16+/m1/s1. The summed E-state index contributed by atoms with van der Waals surface area (Å²) in [6.45, 7) is 4.13. The minimum absolute atomic E-state index is 0.0359. The zero-order valence-electron chi connectivity index (χ0n) is 17.6. The second-order valence-corrected chi connectivity index (χ2v) is 9.20. The van der Waals surface area contributed by atoms with Gasteiger partial charge >= 0.3 is 0 Å². The lowest BCUT2D eigenvalue weighted by Crippen LogP contribution is -2.28. The van der Waals surface area contributed by atoms with Crippen LogP contribution in [0.5, 0.6) is 0 Å². The monoisotopic (exact) mass is 436 g/mol. The third-order valence-corrected chi connectivity index (χ3v) is 6.90. The molecule has 1 aliphatic rings. The molecule has 31 heavy (non-hydrogen) atoms. The van der Waals surface area contributed by atoms with Gasteiger partial charge in [-0.05, 0) is 55.4 Å². The van der Waals surface area contributed by atoms with Crippen LogP contribution in [-0.2, 0) is 12.8 Å². The molecule has 3 aromatic rings. The Kier molecular flexibility index (Phi) is 6.18. The van der Waals surface area contributed by atoms with E-state index < -0.39 is 11.7 Å². The number of anilines is 1. The van der Waals surface area contributed by atoms with Crippen molar-refractivity contribution in [2.75, 3.05) is 5.32 Å². The van der Waals surface area contributed by atoms with E-state index in [-0.39, 0.29) is 17.5 Å². The Hall–Kier alpha value is -2.99. The Balaban J connectivity index is 1.65. The molecule has 0 fully saturated rings. The number of hydrogen-bond donors (Lipinski definition) is 2. The Morgan fingerprint density at radius 3 is 2.52 bits per heavy atom. The number of amides is 2. The second-order valence-electron chi connectivity index (χ2n) is 8.10. The molecular formula is C25H25FN2O2S. The Morgan fingerprint density at radius 1 is 1.06 bits per heavy atom. The summed E-state index contributed by atoms with van der Waals surface area (Å²) in [6, 6.07) is 15.4. The van der Waals surface area contributed by atoms with Crippen LogP contribution in [0.2, 0.25) is 0 Å². The first-order chi connectivity index (χ1) is 14.9. The third-order valence-electron chi connectivity index (χ3n) is 5.73. The summed E-state index contributed by atoms with van der Waals surface area (Å²) >= 11 is 1.43. The molecule has 0 saturated carbocycles. The van der Waals surface area contributed by atoms with Crippen molar-refractivity contribution < 1.29 is 14.0 Å². The summed E-state index contributed by atoms with van der Waals surface area (Å²) in [5, 5.41) is 6.37. The summed E-state index contributed by atoms with van der Waals surface area (Å²) in [4.78, 5) is 27.2. The van der Waals surface area contributed by atoms with Crippen LogP contribution in [0, 0.1) is 11.7 Å². The summed E-state index contributed by atoms with van der Waals surface area (Å²) < 4.78 is 14.1. The molecule has 0 unspecified atom stereocenters. The van der Waals surface area contributed by atoms with E-state index in [9.17, 15) is 14.0 Å². The van der Waals surface area contributed by atoms with Crippen LogP contribution in [0.4, 0.5) is 9.39 Å². The summed E-state index contributed by atoms with van der Waals surface area (Å²) in [7, 11) is 0. The fourth-order valence-corrected chi connectivity index (χ4v) is 5.39. The number of halogens is 1. The number of benzene rings is 2. The molecule has 4 rings (SSSR count). The van der Waals surface area contributed by atoms with Crippen molar-refractivity contribution in [1.29, 1.82) is 0 Å². The van der Waals surface area contributed by atoms with Crippen molar-refractivity contribution in [2.45, 2.75) is 39.2 Å². The zero-order valence-corrected chi connectivity index (χ0v) is 18.4. The number of fused-ring (bicyclic) bond motifs is 1. The fourth-order valence-electron chi connectivity index (χ4n) is 3.99. The molecule has 1 aromatic heterocycles. The summed E-state index contributed by atoms with van der Waals surface area (Å²) in [5.41, 5.74) is 2.49. The molecule has 160 valence electrons. The van der Waals surface area contributed by atoms with Crippen molar-refractivity contribution in [2.24, 2.45) is 5.92 Å². The summed E-state index contributed by atoms with van der Waals surface area (Å²) in [5.74, 6) is -0.818. The lowest BCUT2D eigenvalue weighted by molar-refractivity contribution is 0.0940. The molecule has 0 spiro atoms. The maximum atomic E-state index is 14.1. The quantitative estimate of drug-likeness (QED) is 0.535. The minimum atomic E-state index is -0.585. The van der Waals surface area contributed by atoms with Gasteiger partial charge in [0.05, 0.1) is 17.2 Å². The number of thiophene rings is 1. The van der Waals surface area contributed by atoms with E-state index in [4.69, 9.17) is 0 Å². The molecule has 0 aliphatic heterocycles. The second kappa shape index (κ2) is 9.02. The molecule has 2 N–H and O–H groups in total. The smallest absolute Gasteiger partial charge is 0.259 e. The SMILES string of the molecule is C[C@@H]1CCc2c(sc(NC(=O)c3ccccc3F)c2C(=O)N[C@@H](C)c2ccccc2)C1. The van der Waals surface area contributed by atoms with Gasteiger partial charge < -0.3 is 10.6 Å². The predicted octanol–water partition coefficient (Wildman–Crippen LogP) is 5.76. The normalized spacial score (nSPS) is 16.3. The van der Waals surface area contributed by atoms with Gasteiger partial charge in [0.15, 0.2) is 0 Å². The highest BCUT2D eigenvalue weighted by Gasteiger charge is 2.29. The first-order valence-corrected chi connectivity index (χ1v) is 11.3. The number of rotatable bonds is 5. The Bertz CT molecular complexity index is 1110. The van der Waals surface area contributed by atoms with Crippen LogP contribution < -0.4 is 10.6 Å². The van der Waals surface area contributed by atoms with Gasteiger partial charge in [-0.2, -0.15) is 0 Å². The van der Waals surface area contributed by atoms with Gasteiger partial charge in [-0.1, -0.05) is 49.4 Å². The van der Waals surface area contributed by atoms with E-state index >= 15 is 0 Å². The van der Waals surface area contributed by atoms with Crippen LogP contribution in [0.25, 0.3) is 0 Å². The highest BCUT2D eigenvalue weighted by molar-refractivity contribution is 7.17. The number of carbonyl (C=O) groups excluding carboxylic acids is 2. The van der Waals surface area contributed by atoms with Crippen molar-refractivity contribution in [3.8, 4) is 0 Å². The molecule has 4 nitrogen and oxygen atoms in total. The van der Waals surface area contributed by atoms with Crippen LogP contribution >= 0.6 is 11.3 Å². The lowest BCUT2D eigenvalue weighted by Gasteiger charge is -2.20. The molecule has 1 heterocycles. The van der Waals surface area contributed by atoms with E-state index in [1.54, 1.807) is 12.1 Å². The highest BCUT2D eigenvalue weighted by Crippen LogP contribution is 2.40. The molecule has 2 amide bonds. The highest BCUT2D eigenvalue weighted by atomic mass is 32.1. The van der Waals surface area contributed by atoms with Gasteiger partial charge in [-0.3, -0.25) is 9.59 Å². The van der Waals surface area contributed by atoms with Gasteiger partial charge in [0.2, 0.25) is 0 Å². The number of carbonyl (C=O) groups is 2. The van der Waals surface area contributed by atoms with Crippen molar-refractivity contribution in [3.63, 3.8) is 0 Å². The molecule has 0 saturated heterocycles. The molecule has 1 aliphatic carbocycles. The van der Waals surface area contributed by atoms with Gasteiger partial charge in [-0.25, -0.2) is 4.39 Å². The number of hydrogen-bond acceptors (Lipinski definition) is 3. The predicted molar refractivity (Wildman–Crippen MR) is 122 cm³/mol. The number of nitrogens with one attached hydrogen (secondary N) is 2. The minimum Gasteiger partial charge on any atom is -0.345 e. The van der Waals surface area contributed by atoms with Gasteiger partial charge in [0.25, 0.3) is 11.8 Å². The molecular weight excluding hydrogens is 411 g/mol. The lowest BCUT2D eigenvalue weighted by atomic mass is 9.88. The van der Waals surface area contributed by atoms with Crippen molar-refractivity contribution in [3.05, 3.63) is 87.5 Å². The van der Waals surface area contributed by atoms with E-state index in [2.05, 4.69) is 17.6 Å². The maximum absolute atomic E-state index is 14.1. The third kappa shape index (κ3) is 4.54. The zero-order chi connectivity index (χ0) is 22.0. The van der Waals surface area contributed by atoms with Crippen molar-refractivity contribution in [1.82, 2.24) is 5.32 Å². The van der Waals surface area contributed by atoms with E-state index in [1.807, 2.05) is 37.3 Å². The first kappa shape index (κ1) is 21.2. The maximum Gasteiger partial charge on any atom is 0.259 e. The molecule has 2 aromatic carbocycles. The Labute approximate surface area is 185 Å². The van der Waals surface area contributed by atoms with Crippen LogP contribution in [0.3, 0.4) is 0 Å². The molecule has 2 atom stereocenters. The van der Waals surface area contributed by atoms with Gasteiger partial charge in [0.1, 0.15) is 10.8 Å². The Morgan fingerprint density at radius 2 is 1.77 bits per heavy atom. The molecule has 0 radical (unpaired) electrons. The molecule has 6 heteroatoms. The van der Waals surface area contributed by atoms with Crippen LogP contribution in [0.1, 0.15) is 63.0 Å². The van der Waals surface area contributed by atoms with E-state index in [1.165, 1.54) is 23.5 Å². The van der Waals surface area contributed by atoms with Gasteiger partial charge in [0, 0.05) is 4.88 Å². The summed E-state index contributed by atoms with van der Waals surface area (Å²) in [6.07, 6.45) is 2.67. The first-order valence-electron chi connectivity index (χ1n) is 10.5. The average Bonchev–Trinajstić information content (AvgIpc) is 3.11. The average molecular weight is 437 g/mol. The fraction of sp³-hybridized carbons (Fsp3) is 0.280. The molecule has 0 bridgehead atoms. The van der Waals surface area contributed by atoms with Gasteiger partial charge in [-0.15, -0.1) is 11.3 Å². The van der Waals surface area contributed by atoms with Crippen molar-refractivity contribution >= 4 is 28.2 Å². The van der Waals surface area contributed by atoms with Crippen LogP contribution in [0.15, 0.2) is 54.6 Å². The van der Waals surface area contributed by atoms with E-state index in [0.29, 0.717) is 16.5 Å². The van der Waals surface area contributed by atoms with Crippen LogP contribution in [-0.4, -0.2) is 11.8 Å². The largest absolute Gasteiger partial charge is 0.345 e. The van der Waals surface area contributed by atoms with E-state index in [0.717, 1.165) is 35.3 Å². The topological polar surface area (TPSA) is 58.2 Å².